The summed E-state index contributed by atoms with van der Waals surface area (Å²) in [5.74, 6) is 0.844. The van der Waals surface area contributed by atoms with Crippen molar-refractivity contribution in [1.82, 2.24) is 9.55 Å². The number of aromatic nitrogens is 2. The molecule has 0 radical (unpaired) electrons. The molecule has 1 amide bonds. The summed E-state index contributed by atoms with van der Waals surface area (Å²) in [7, 11) is 3.03. The van der Waals surface area contributed by atoms with Crippen LogP contribution in [0.15, 0.2) is 76.3 Å². The summed E-state index contributed by atoms with van der Waals surface area (Å²) in [6, 6.07) is 14.0. The van der Waals surface area contributed by atoms with Crippen molar-refractivity contribution in [3.05, 3.63) is 98.8 Å². The van der Waals surface area contributed by atoms with Gasteiger partial charge in [-0.1, -0.05) is 0 Å². The highest BCUT2D eigenvalue weighted by atomic mass is 79.9. The molecule has 5 aromatic rings. The first-order chi connectivity index (χ1) is 20.8. The molecule has 0 unspecified atom stereocenters. The lowest BCUT2D eigenvalue weighted by atomic mass is 10.1. The summed E-state index contributed by atoms with van der Waals surface area (Å²) in [5, 5.41) is 3.21. The van der Waals surface area contributed by atoms with Crippen molar-refractivity contribution in [2.75, 3.05) is 26.3 Å². The lowest BCUT2D eigenvalue weighted by Gasteiger charge is -2.15. The van der Waals surface area contributed by atoms with Crippen LogP contribution in [0.25, 0.3) is 16.6 Å². The van der Waals surface area contributed by atoms with Crippen LogP contribution in [0, 0.1) is 12.7 Å². The molecule has 6 rings (SSSR count). The van der Waals surface area contributed by atoms with E-state index in [-0.39, 0.29) is 23.8 Å². The van der Waals surface area contributed by atoms with Gasteiger partial charge in [-0.3, -0.25) is 19.1 Å². The summed E-state index contributed by atoms with van der Waals surface area (Å²) in [6.07, 6.45) is 3.11. The number of rotatable bonds is 7. The van der Waals surface area contributed by atoms with Crippen LogP contribution in [0.3, 0.4) is 0 Å². The number of methoxy groups -OCH3 is 2. The summed E-state index contributed by atoms with van der Waals surface area (Å²) >= 11 is 3.44. The molecule has 3 heterocycles. The third kappa shape index (κ3) is 5.21. The largest absolute Gasteiger partial charge is 0.493 e. The molecule has 10 nitrogen and oxygen atoms in total. The van der Waals surface area contributed by atoms with E-state index in [0.717, 1.165) is 6.07 Å². The third-order valence-electron chi connectivity index (χ3n) is 6.89. The maximum atomic E-state index is 15.2. The van der Waals surface area contributed by atoms with E-state index in [1.165, 1.54) is 37.1 Å². The summed E-state index contributed by atoms with van der Waals surface area (Å²) in [4.78, 5) is 31.2. The van der Waals surface area contributed by atoms with E-state index in [1.807, 2.05) is 0 Å². The van der Waals surface area contributed by atoms with E-state index in [4.69, 9.17) is 23.7 Å². The highest BCUT2D eigenvalue weighted by molar-refractivity contribution is 9.10. The van der Waals surface area contributed by atoms with Gasteiger partial charge in [-0.2, -0.15) is 0 Å². The van der Waals surface area contributed by atoms with Crippen LogP contribution >= 0.6 is 15.9 Å². The molecule has 1 aliphatic heterocycles. The van der Waals surface area contributed by atoms with Gasteiger partial charge in [0, 0.05) is 46.1 Å². The van der Waals surface area contributed by atoms with Gasteiger partial charge in [-0.05, 0) is 64.8 Å². The average Bonchev–Trinajstić information content (AvgIpc) is 3.48. The van der Waals surface area contributed by atoms with Crippen molar-refractivity contribution < 1.29 is 32.9 Å². The zero-order valence-corrected chi connectivity index (χ0v) is 24.7. The number of ether oxygens (including phenoxy) is 5. The number of fused-ring (bicyclic) bond motifs is 2. The molecule has 12 heteroatoms. The number of carbonyl (C=O) groups excluding carboxylic acids is 1. The van der Waals surface area contributed by atoms with Crippen molar-refractivity contribution in [2.24, 2.45) is 0 Å². The molecular formula is C31H23BrFN3O7. The second kappa shape index (κ2) is 11.3. The molecule has 0 bridgehead atoms. The van der Waals surface area contributed by atoms with Gasteiger partial charge in [0.2, 0.25) is 6.79 Å². The molecule has 218 valence electrons. The first-order valence-corrected chi connectivity index (χ1v) is 13.7. The second-order valence-corrected chi connectivity index (χ2v) is 10.3. The number of amides is 1. The lowest BCUT2D eigenvalue weighted by molar-refractivity contribution is 0.102. The van der Waals surface area contributed by atoms with E-state index in [0.29, 0.717) is 55.4 Å². The van der Waals surface area contributed by atoms with Gasteiger partial charge in [-0.15, -0.1) is 0 Å². The molecule has 1 aliphatic rings. The Hall–Kier alpha value is -5.10. The van der Waals surface area contributed by atoms with Crippen LogP contribution in [0.2, 0.25) is 0 Å². The Morgan fingerprint density at radius 3 is 2.51 bits per heavy atom. The van der Waals surface area contributed by atoms with E-state index < -0.39 is 17.3 Å². The minimum Gasteiger partial charge on any atom is -0.493 e. The van der Waals surface area contributed by atoms with E-state index in [9.17, 15) is 9.59 Å². The van der Waals surface area contributed by atoms with E-state index in [2.05, 4.69) is 26.2 Å². The molecule has 0 saturated carbocycles. The Bertz CT molecular complexity index is 1980. The average molecular weight is 648 g/mol. The topological polar surface area (TPSA) is 110 Å². The number of carbonyl (C=O) groups is 1. The van der Waals surface area contributed by atoms with E-state index in [1.54, 1.807) is 49.5 Å². The van der Waals surface area contributed by atoms with Crippen LogP contribution < -0.4 is 34.6 Å². The molecule has 0 spiro atoms. The van der Waals surface area contributed by atoms with E-state index >= 15 is 4.39 Å². The zero-order valence-electron chi connectivity index (χ0n) is 23.1. The van der Waals surface area contributed by atoms with Gasteiger partial charge >= 0.3 is 0 Å². The predicted octanol–water partition coefficient (Wildman–Crippen LogP) is 6.39. The number of nitrogens with one attached hydrogen (secondary N) is 1. The van der Waals surface area contributed by atoms with Crippen LogP contribution in [-0.4, -0.2) is 36.5 Å². The normalized spacial score (nSPS) is 11.8. The number of halogens is 2. The van der Waals surface area contributed by atoms with Crippen molar-refractivity contribution in [3.63, 3.8) is 0 Å². The van der Waals surface area contributed by atoms with Gasteiger partial charge < -0.3 is 29.0 Å². The highest BCUT2D eigenvalue weighted by Crippen LogP contribution is 2.38. The molecule has 2 aromatic heterocycles. The standard InChI is InChI=1S/C31H23BrFN3O7/c1-16-20(32)14-36(18-5-7-25-28(11-18)42-15-41-25)31(38)29(16)30(37)35-17-4-6-24(21(33)10-17)43-23-8-9-34-22-13-27(40-3)26(39-2)12-19(22)23/h4-14H,15H2,1-3H3,(H,35,37). The summed E-state index contributed by atoms with van der Waals surface area (Å²) < 4.78 is 44.5. The second-order valence-electron chi connectivity index (χ2n) is 9.42. The number of hydrogen-bond donors (Lipinski definition) is 1. The molecule has 1 N–H and O–H groups in total. The minimum atomic E-state index is -0.730. The maximum absolute atomic E-state index is 15.2. The fraction of sp³-hybridized carbons (Fsp3) is 0.129. The van der Waals surface area contributed by atoms with Crippen molar-refractivity contribution >= 4 is 38.4 Å². The van der Waals surface area contributed by atoms with Crippen LogP contribution in [0.1, 0.15) is 15.9 Å². The Kier molecular flexibility index (Phi) is 7.36. The van der Waals surface area contributed by atoms with Gasteiger partial charge in [-0.25, -0.2) is 4.39 Å². The van der Waals surface area contributed by atoms with Gasteiger partial charge in [0.15, 0.2) is 34.6 Å². The number of pyridine rings is 2. The molecule has 0 aliphatic carbocycles. The van der Waals surface area contributed by atoms with Crippen LogP contribution in [-0.2, 0) is 0 Å². The summed E-state index contributed by atoms with van der Waals surface area (Å²) in [5.41, 5.74) is 0.937. The lowest BCUT2D eigenvalue weighted by Crippen LogP contribution is -2.30. The van der Waals surface area contributed by atoms with Crippen molar-refractivity contribution in [3.8, 4) is 40.2 Å². The number of nitrogens with zero attached hydrogens (tertiary/aromatic N) is 2. The third-order valence-corrected chi connectivity index (χ3v) is 7.69. The van der Waals surface area contributed by atoms with Gasteiger partial charge in [0.25, 0.3) is 11.5 Å². The fourth-order valence-corrected chi connectivity index (χ4v) is 5.08. The molecular weight excluding hydrogens is 625 g/mol. The molecule has 0 saturated heterocycles. The van der Waals surface area contributed by atoms with Crippen molar-refractivity contribution in [1.29, 1.82) is 0 Å². The Balaban J connectivity index is 1.27. The fourth-order valence-electron chi connectivity index (χ4n) is 4.67. The quantitative estimate of drug-likeness (QED) is 0.217. The maximum Gasteiger partial charge on any atom is 0.268 e. The first kappa shape index (κ1) is 28.0. The number of anilines is 1. The number of benzene rings is 3. The zero-order chi connectivity index (χ0) is 30.2. The van der Waals surface area contributed by atoms with Crippen molar-refractivity contribution in [2.45, 2.75) is 6.92 Å². The number of hydrogen-bond acceptors (Lipinski definition) is 8. The highest BCUT2D eigenvalue weighted by Gasteiger charge is 2.22. The SMILES string of the molecule is COc1cc2nccc(Oc3ccc(NC(=O)c4c(C)c(Br)cn(-c5ccc6c(c5)OCO6)c4=O)cc3F)c2cc1OC. The van der Waals surface area contributed by atoms with Gasteiger partial charge in [0.05, 0.1) is 25.4 Å². The van der Waals surface area contributed by atoms with Gasteiger partial charge in [0.1, 0.15) is 11.3 Å². The molecule has 0 atom stereocenters. The van der Waals surface area contributed by atoms with Crippen LogP contribution in [0.4, 0.5) is 10.1 Å². The Morgan fingerprint density at radius 1 is 0.977 bits per heavy atom. The minimum absolute atomic E-state index is 0.0796. The van der Waals surface area contributed by atoms with Crippen LogP contribution in [0.5, 0.6) is 34.5 Å². The predicted molar refractivity (Wildman–Crippen MR) is 160 cm³/mol. The Morgan fingerprint density at radius 2 is 1.74 bits per heavy atom. The first-order valence-electron chi connectivity index (χ1n) is 12.9. The monoisotopic (exact) mass is 647 g/mol. The molecule has 3 aromatic carbocycles. The smallest absolute Gasteiger partial charge is 0.268 e. The molecule has 0 fully saturated rings. The summed E-state index contributed by atoms with van der Waals surface area (Å²) in [6.45, 7) is 1.73. The molecule has 43 heavy (non-hydrogen) atoms. The Labute approximate surface area is 252 Å².